The van der Waals surface area contributed by atoms with Gasteiger partial charge in [-0.3, -0.25) is 4.79 Å². The fraction of sp³-hybridized carbons (Fsp3) is 0. The lowest BCUT2D eigenvalue weighted by atomic mass is 9.94. The maximum atomic E-state index is 12.5. The molecule has 0 radical (unpaired) electrons. The molecule has 1 heterocycles. The number of hydrogen-bond donors (Lipinski definition) is 2. The molecular weight excluding hydrogens is 296 g/mol. The van der Waals surface area contributed by atoms with Crippen LogP contribution >= 0.6 is 0 Å². The molecule has 0 aliphatic carbocycles. The Hall–Kier alpha value is -3.33. The lowest BCUT2D eigenvalue weighted by molar-refractivity contribution is 1.28. The highest BCUT2D eigenvalue weighted by atomic mass is 16.1. The standard InChI is InChI=1S/C21H16N2O/c22-16-12-10-15(11-13-16)20-19(14-6-2-1-3-7-14)17-8-4-5-9-18(17)21(24)23-20/h1-13H,22H2,(H,23,24). The summed E-state index contributed by atoms with van der Waals surface area (Å²) in [5.74, 6) is 0. The molecule has 0 spiro atoms. The Bertz CT molecular complexity index is 1060. The summed E-state index contributed by atoms with van der Waals surface area (Å²) in [5.41, 5.74) is 10.3. The predicted molar refractivity (Wildman–Crippen MR) is 99.9 cm³/mol. The van der Waals surface area contributed by atoms with Crippen molar-refractivity contribution in [3.05, 3.63) is 89.2 Å². The maximum absolute atomic E-state index is 12.5. The van der Waals surface area contributed by atoms with Crippen molar-refractivity contribution < 1.29 is 0 Å². The van der Waals surface area contributed by atoms with Gasteiger partial charge in [-0.05, 0) is 34.7 Å². The van der Waals surface area contributed by atoms with E-state index >= 15 is 0 Å². The van der Waals surface area contributed by atoms with Gasteiger partial charge in [0.05, 0.1) is 5.69 Å². The van der Waals surface area contributed by atoms with Crippen LogP contribution in [0.1, 0.15) is 0 Å². The lowest BCUT2D eigenvalue weighted by Gasteiger charge is -2.13. The molecule has 3 aromatic carbocycles. The summed E-state index contributed by atoms with van der Waals surface area (Å²) in [6.45, 7) is 0. The highest BCUT2D eigenvalue weighted by molar-refractivity contribution is 6.02. The molecule has 0 saturated carbocycles. The summed E-state index contributed by atoms with van der Waals surface area (Å²) in [5, 5.41) is 1.63. The van der Waals surface area contributed by atoms with Gasteiger partial charge in [-0.1, -0.05) is 60.7 Å². The second-order valence-electron chi connectivity index (χ2n) is 5.74. The number of anilines is 1. The van der Waals surface area contributed by atoms with E-state index in [2.05, 4.69) is 17.1 Å². The van der Waals surface area contributed by atoms with Crippen LogP contribution in [-0.4, -0.2) is 4.98 Å². The molecular formula is C21H16N2O. The summed E-state index contributed by atoms with van der Waals surface area (Å²) in [7, 11) is 0. The topological polar surface area (TPSA) is 58.9 Å². The molecule has 0 aliphatic rings. The first-order chi connectivity index (χ1) is 11.7. The van der Waals surface area contributed by atoms with Crippen molar-refractivity contribution in [2.24, 2.45) is 0 Å². The number of rotatable bonds is 2. The van der Waals surface area contributed by atoms with Gasteiger partial charge in [-0.2, -0.15) is 0 Å². The normalized spacial score (nSPS) is 10.8. The van der Waals surface area contributed by atoms with Crippen molar-refractivity contribution >= 4 is 16.5 Å². The first-order valence-electron chi connectivity index (χ1n) is 7.80. The molecule has 1 aromatic heterocycles. The zero-order valence-electron chi connectivity index (χ0n) is 13.0. The Balaban J connectivity index is 2.13. The minimum absolute atomic E-state index is 0.0860. The summed E-state index contributed by atoms with van der Waals surface area (Å²) >= 11 is 0. The zero-order valence-corrected chi connectivity index (χ0v) is 13.0. The van der Waals surface area contributed by atoms with E-state index in [1.165, 1.54) is 0 Å². The molecule has 24 heavy (non-hydrogen) atoms. The molecule has 0 unspecified atom stereocenters. The third kappa shape index (κ3) is 2.36. The monoisotopic (exact) mass is 312 g/mol. The molecule has 0 atom stereocenters. The van der Waals surface area contributed by atoms with Gasteiger partial charge in [0.15, 0.2) is 0 Å². The van der Waals surface area contributed by atoms with Crippen LogP contribution in [0, 0.1) is 0 Å². The van der Waals surface area contributed by atoms with E-state index < -0.39 is 0 Å². The zero-order chi connectivity index (χ0) is 16.5. The highest BCUT2D eigenvalue weighted by Crippen LogP contribution is 2.35. The molecule has 0 saturated heterocycles. The Morgan fingerprint density at radius 1 is 0.667 bits per heavy atom. The SMILES string of the molecule is Nc1ccc(-c2[nH]c(=O)c3ccccc3c2-c2ccccc2)cc1. The van der Waals surface area contributed by atoms with Crippen molar-refractivity contribution in [1.82, 2.24) is 4.98 Å². The molecule has 3 nitrogen and oxygen atoms in total. The third-order valence-electron chi connectivity index (χ3n) is 4.19. The molecule has 3 N–H and O–H groups in total. The van der Waals surface area contributed by atoms with Crippen molar-refractivity contribution in [3.63, 3.8) is 0 Å². The van der Waals surface area contributed by atoms with Crippen LogP contribution in [0.15, 0.2) is 83.7 Å². The fourth-order valence-corrected chi connectivity index (χ4v) is 3.05. The van der Waals surface area contributed by atoms with Gasteiger partial charge < -0.3 is 10.7 Å². The van der Waals surface area contributed by atoms with Crippen LogP contribution in [-0.2, 0) is 0 Å². The Labute approximate surface area is 139 Å². The summed E-state index contributed by atoms with van der Waals surface area (Å²) in [6, 6.07) is 25.3. The van der Waals surface area contributed by atoms with Gasteiger partial charge in [0, 0.05) is 16.6 Å². The number of pyridine rings is 1. The molecule has 4 aromatic rings. The van der Waals surface area contributed by atoms with E-state index in [4.69, 9.17) is 5.73 Å². The first kappa shape index (κ1) is 14.3. The largest absolute Gasteiger partial charge is 0.399 e. The van der Waals surface area contributed by atoms with Crippen LogP contribution in [0.5, 0.6) is 0 Å². The third-order valence-corrected chi connectivity index (χ3v) is 4.19. The lowest BCUT2D eigenvalue weighted by Crippen LogP contribution is -2.09. The molecule has 3 heteroatoms. The van der Waals surface area contributed by atoms with Crippen LogP contribution < -0.4 is 11.3 Å². The van der Waals surface area contributed by atoms with E-state index in [-0.39, 0.29) is 5.56 Å². The number of nitrogens with one attached hydrogen (secondary N) is 1. The summed E-state index contributed by atoms with van der Waals surface area (Å²) in [4.78, 5) is 15.6. The number of nitrogen functional groups attached to an aromatic ring is 1. The second-order valence-corrected chi connectivity index (χ2v) is 5.74. The molecule has 0 bridgehead atoms. The van der Waals surface area contributed by atoms with Crippen LogP contribution in [0.4, 0.5) is 5.69 Å². The predicted octanol–water partition coefficient (Wildman–Crippen LogP) is 4.44. The number of H-pyrrole nitrogens is 1. The minimum Gasteiger partial charge on any atom is -0.399 e. The van der Waals surface area contributed by atoms with Crippen molar-refractivity contribution in [2.75, 3.05) is 5.73 Å². The number of fused-ring (bicyclic) bond motifs is 1. The van der Waals surface area contributed by atoms with Crippen LogP contribution in [0.3, 0.4) is 0 Å². The van der Waals surface area contributed by atoms with Gasteiger partial charge in [0.2, 0.25) is 0 Å². The van der Waals surface area contributed by atoms with E-state index in [0.717, 1.165) is 27.8 Å². The van der Waals surface area contributed by atoms with Gasteiger partial charge in [0.1, 0.15) is 0 Å². The van der Waals surface area contributed by atoms with Crippen LogP contribution in [0.25, 0.3) is 33.2 Å². The van der Waals surface area contributed by atoms with Gasteiger partial charge in [0.25, 0.3) is 5.56 Å². The molecule has 0 aliphatic heterocycles. The minimum atomic E-state index is -0.0860. The smallest absolute Gasteiger partial charge is 0.256 e. The van der Waals surface area contributed by atoms with Gasteiger partial charge >= 0.3 is 0 Å². The number of hydrogen-bond acceptors (Lipinski definition) is 2. The summed E-state index contributed by atoms with van der Waals surface area (Å²) in [6.07, 6.45) is 0. The molecule has 116 valence electrons. The van der Waals surface area contributed by atoms with Gasteiger partial charge in [-0.15, -0.1) is 0 Å². The Kier molecular flexibility index (Phi) is 3.39. The number of nitrogens with two attached hydrogens (primary N) is 1. The molecule has 0 fully saturated rings. The van der Waals surface area contributed by atoms with E-state index in [9.17, 15) is 4.79 Å². The number of benzene rings is 3. The average Bonchev–Trinajstić information content (AvgIpc) is 2.63. The average molecular weight is 312 g/mol. The number of aromatic nitrogens is 1. The fourth-order valence-electron chi connectivity index (χ4n) is 3.05. The first-order valence-corrected chi connectivity index (χ1v) is 7.80. The van der Waals surface area contributed by atoms with Crippen molar-refractivity contribution in [2.45, 2.75) is 0 Å². The Morgan fingerprint density at radius 3 is 2.00 bits per heavy atom. The van der Waals surface area contributed by atoms with Crippen LogP contribution in [0.2, 0.25) is 0 Å². The van der Waals surface area contributed by atoms with E-state index in [1.54, 1.807) is 0 Å². The Morgan fingerprint density at radius 2 is 1.29 bits per heavy atom. The second kappa shape index (κ2) is 5.70. The van der Waals surface area contributed by atoms with Crippen molar-refractivity contribution in [1.29, 1.82) is 0 Å². The number of aromatic amines is 1. The van der Waals surface area contributed by atoms with E-state index in [1.807, 2.05) is 66.7 Å². The molecule has 0 amide bonds. The highest BCUT2D eigenvalue weighted by Gasteiger charge is 2.14. The summed E-state index contributed by atoms with van der Waals surface area (Å²) < 4.78 is 0. The molecule has 4 rings (SSSR count). The van der Waals surface area contributed by atoms with Gasteiger partial charge in [-0.25, -0.2) is 0 Å². The maximum Gasteiger partial charge on any atom is 0.256 e. The van der Waals surface area contributed by atoms with Crippen molar-refractivity contribution in [3.8, 4) is 22.4 Å². The van der Waals surface area contributed by atoms with E-state index in [0.29, 0.717) is 11.1 Å². The quantitative estimate of drug-likeness (QED) is 0.537.